The van der Waals surface area contributed by atoms with Gasteiger partial charge in [-0.2, -0.15) is 0 Å². The lowest BCUT2D eigenvalue weighted by atomic mass is 9.94. The van der Waals surface area contributed by atoms with Gasteiger partial charge in [0, 0.05) is 32.0 Å². The van der Waals surface area contributed by atoms with E-state index in [4.69, 9.17) is 16.3 Å². The highest BCUT2D eigenvalue weighted by Gasteiger charge is 2.29. The molecule has 3 rings (SSSR count). The van der Waals surface area contributed by atoms with Gasteiger partial charge in [0.15, 0.2) is 0 Å². The van der Waals surface area contributed by atoms with Gasteiger partial charge in [0.2, 0.25) is 0 Å². The molecule has 0 saturated heterocycles. The second-order valence-corrected chi connectivity index (χ2v) is 7.60. The predicted octanol–water partition coefficient (Wildman–Crippen LogP) is 3.60. The van der Waals surface area contributed by atoms with Crippen LogP contribution in [0.1, 0.15) is 54.6 Å². The fourth-order valence-corrected chi connectivity index (χ4v) is 4.03. The second-order valence-electron chi connectivity index (χ2n) is 7.19. The largest absolute Gasteiger partial charge is 0.388 e. The molecule has 6 heteroatoms. The molecule has 2 N–H and O–H groups in total. The summed E-state index contributed by atoms with van der Waals surface area (Å²) >= 11 is 6.37. The maximum atomic E-state index is 12.8. The number of hydrogen-bond donors (Lipinski definition) is 2. The number of aromatic nitrogens is 1. The van der Waals surface area contributed by atoms with Crippen LogP contribution in [-0.2, 0) is 11.2 Å². The van der Waals surface area contributed by atoms with Crippen molar-refractivity contribution in [3.05, 3.63) is 40.7 Å². The van der Waals surface area contributed by atoms with E-state index in [1.165, 1.54) is 0 Å². The topological polar surface area (TPSA) is 63.0 Å². The normalized spacial score (nSPS) is 17.2. The number of nitrogens with one attached hydrogen (secondary N) is 1. The number of ether oxygens (including phenoxy) is 1. The van der Waals surface area contributed by atoms with E-state index in [1.54, 1.807) is 13.2 Å². The zero-order valence-corrected chi connectivity index (χ0v) is 16.0. The van der Waals surface area contributed by atoms with Crippen LogP contribution in [0, 0.1) is 0 Å². The van der Waals surface area contributed by atoms with E-state index in [0.29, 0.717) is 29.1 Å². The molecule has 0 bridgehead atoms. The van der Waals surface area contributed by atoms with Crippen molar-refractivity contribution in [1.29, 1.82) is 0 Å². The van der Waals surface area contributed by atoms with Gasteiger partial charge >= 0.3 is 0 Å². The standard InChI is InChI=1S/C20H27ClN2O3/c1-26-12-8-15-13-16(18-17(21)7-6-11-23(15)18)19(24)22-14-20(25)9-4-2-3-5-10-20/h6-7,11,13,25H,2-5,8-10,12,14H2,1H3,(H,22,24). The minimum absolute atomic E-state index is 0.197. The van der Waals surface area contributed by atoms with Gasteiger partial charge in [0.25, 0.3) is 5.91 Å². The third-order valence-electron chi connectivity index (χ3n) is 5.24. The van der Waals surface area contributed by atoms with Gasteiger partial charge in [-0.3, -0.25) is 4.79 Å². The third kappa shape index (κ3) is 4.22. The minimum Gasteiger partial charge on any atom is -0.388 e. The zero-order valence-electron chi connectivity index (χ0n) is 15.3. The molecule has 2 aromatic heterocycles. The van der Waals surface area contributed by atoms with Gasteiger partial charge < -0.3 is 19.6 Å². The number of carbonyl (C=O) groups is 1. The summed E-state index contributed by atoms with van der Waals surface area (Å²) in [5.74, 6) is -0.197. The molecule has 0 aromatic carbocycles. The number of carbonyl (C=O) groups excluding carboxylic acids is 1. The number of halogens is 1. The van der Waals surface area contributed by atoms with Crippen molar-refractivity contribution in [2.75, 3.05) is 20.3 Å². The first-order chi connectivity index (χ1) is 12.5. The highest BCUT2D eigenvalue weighted by molar-refractivity contribution is 6.34. The lowest BCUT2D eigenvalue weighted by Crippen LogP contribution is -2.42. The molecule has 1 saturated carbocycles. The van der Waals surface area contributed by atoms with Crippen molar-refractivity contribution in [3.8, 4) is 0 Å². The Labute approximate surface area is 159 Å². The molecule has 2 heterocycles. The summed E-state index contributed by atoms with van der Waals surface area (Å²) in [7, 11) is 1.66. The minimum atomic E-state index is -0.801. The van der Waals surface area contributed by atoms with E-state index in [-0.39, 0.29) is 12.5 Å². The van der Waals surface area contributed by atoms with Crippen molar-refractivity contribution < 1.29 is 14.6 Å². The molecule has 0 unspecified atom stereocenters. The SMILES string of the molecule is COCCc1cc(C(=O)NCC2(O)CCCCCC2)c2c(Cl)cccn12. The third-order valence-corrected chi connectivity index (χ3v) is 5.54. The van der Waals surface area contributed by atoms with Crippen LogP contribution in [0.5, 0.6) is 0 Å². The number of nitrogens with zero attached hydrogens (tertiary/aromatic N) is 1. The summed E-state index contributed by atoms with van der Waals surface area (Å²) in [6, 6.07) is 5.51. The fraction of sp³-hybridized carbons (Fsp3) is 0.550. The summed E-state index contributed by atoms with van der Waals surface area (Å²) in [5.41, 5.74) is 1.41. The van der Waals surface area contributed by atoms with Crippen molar-refractivity contribution in [2.45, 2.75) is 50.5 Å². The first-order valence-electron chi connectivity index (χ1n) is 9.32. The van der Waals surface area contributed by atoms with Crippen LogP contribution in [0.2, 0.25) is 5.02 Å². The fourth-order valence-electron chi connectivity index (χ4n) is 3.76. The summed E-state index contributed by atoms with van der Waals surface area (Å²) in [4.78, 5) is 12.8. The molecule has 1 amide bonds. The second kappa shape index (κ2) is 8.42. The van der Waals surface area contributed by atoms with Crippen LogP contribution in [0.4, 0.5) is 0 Å². The first kappa shape index (κ1) is 19.2. The molecule has 1 fully saturated rings. The molecule has 0 radical (unpaired) electrons. The molecule has 1 aliphatic carbocycles. The lowest BCUT2D eigenvalue weighted by Gasteiger charge is -2.26. The Kier molecular flexibility index (Phi) is 6.22. The molecule has 2 aromatic rings. The Morgan fingerprint density at radius 2 is 2.08 bits per heavy atom. The number of amides is 1. The molecule has 1 aliphatic rings. The lowest BCUT2D eigenvalue weighted by molar-refractivity contribution is 0.0247. The van der Waals surface area contributed by atoms with E-state index >= 15 is 0 Å². The molecule has 0 spiro atoms. The van der Waals surface area contributed by atoms with Crippen LogP contribution in [0.25, 0.3) is 5.52 Å². The number of fused-ring (bicyclic) bond motifs is 1. The quantitative estimate of drug-likeness (QED) is 0.755. The first-order valence-corrected chi connectivity index (χ1v) is 9.70. The van der Waals surface area contributed by atoms with Gasteiger partial charge in [0.1, 0.15) is 0 Å². The molecule has 26 heavy (non-hydrogen) atoms. The Bertz CT molecular complexity index is 764. The van der Waals surface area contributed by atoms with Gasteiger partial charge in [-0.1, -0.05) is 37.3 Å². The number of rotatable bonds is 6. The zero-order chi connectivity index (χ0) is 18.6. The number of pyridine rings is 1. The van der Waals surface area contributed by atoms with Crippen LogP contribution >= 0.6 is 11.6 Å². The number of hydrogen-bond acceptors (Lipinski definition) is 3. The van der Waals surface area contributed by atoms with Crippen LogP contribution in [0.3, 0.4) is 0 Å². The smallest absolute Gasteiger partial charge is 0.253 e. The average molecular weight is 379 g/mol. The monoisotopic (exact) mass is 378 g/mol. The average Bonchev–Trinajstić information content (AvgIpc) is 2.87. The van der Waals surface area contributed by atoms with Gasteiger partial charge in [-0.15, -0.1) is 0 Å². The van der Waals surface area contributed by atoms with Crippen LogP contribution in [-0.4, -0.2) is 41.3 Å². The van der Waals surface area contributed by atoms with Crippen LogP contribution in [0.15, 0.2) is 24.4 Å². The van der Waals surface area contributed by atoms with E-state index < -0.39 is 5.60 Å². The van der Waals surface area contributed by atoms with Crippen molar-refractivity contribution >= 4 is 23.0 Å². The number of methoxy groups -OCH3 is 1. The van der Waals surface area contributed by atoms with Crippen LogP contribution < -0.4 is 5.32 Å². The van der Waals surface area contributed by atoms with Crippen molar-refractivity contribution in [1.82, 2.24) is 9.72 Å². The van der Waals surface area contributed by atoms with E-state index in [1.807, 2.05) is 22.7 Å². The highest BCUT2D eigenvalue weighted by atomic mass is 35.5. The Morgan fingerprint density at radius 3 is 2.77 bits per heavy atom. The molecule has 0 aliphatic heterocycles. The summed E-state index contributed by atoms with van der Waals surface area (Å²) in [6.45, 7) is 0.848. The highest BCUT2D eigenvalue weighted by Crippen LogP contribution is 2.28. The molecule has 0 atom stereocenters. The van der Waals surface area contributed by atoms with Crippen molar-refractivity contribution in [2.24, 2.45) is 0 Å². The summed E-state index contributed by atoms with van der Waals surface area (Å²) in [6.07, 6.45) is 8.39. The molecular formula is C20H27ClN2O3. The molecule has 142 valence electrons. The van der Waals surface area contributed by atoms with E-state index in [0.717, 1.165) is 44.2 Å². The Balaban J connectivity index is 1.81. The van der Waals surface area contributed by atoms with Gasteiger partial charge in [-0.25, -0.2) is 0 Å². The maximum absolute atomic E-state index is 12.8. The van der Waals surface area contributed by atoms with Gasteiger partial charge in [0.05, 0.1) is 28.3 Å². The van der Waals surface area contributed by atoms with Gasteiger partial charge in [-0.05, 0) is 31.0 Å². The number of aliphatic hydroxyl groups is 1. The summed E-state index contributed by atoms with van der Waals surface area (Å²) in [5, 5.41) is 14.2. The Morgan fingerprint density at radius 1 is 1.35 bits per heavy atom. The summed E-state index contributed by atoms with van der Waals surface area (Å²) < 4.78 is 7.11. The van der Waals surface area contributed by atoms with E-state index in [9.17, 15) is 9.90 Å². The van der Waals surface area contributed by atoms with E-state index in [2.05, 4.69) is 5.32 Å². The predicted molar refractivity (Wildman–Crippen MR) is 103 cm³/mol. The Hall–Kier alpha value is -1.56. The molecule has 5 nitrogen and oxygen atoms in total. The molecular weight excluding hydrogens is 352 g/mol. The van der Waals surface area contributed by atoms with Crippen molar-refractivity contribution in [3.63, 3.8) is 0 Å². The maximum Gasteiger partial charge on any atom is 0.253 e.